The Morgan fingerprint density at radius 1 is 1.22 bits per heavy atom. The Hall–Kier alpha value is -2.04. The molecule has 0 radical (unpaired) electrons. The van der Waals surface area contributed by atoms with Crippen LogP contribution in [0.3, 0.4) is 0 Å². The molecule has 0 aliphatic heterocycles. The summed E-state index contributed by atoms with van der Waals surface area (Å²) in [4.78, 5) is 23.3. The molecule has 0 saturated heterocycles. The van der Waals surface area contributed by atoms with Gasteiger partial charge < -0.3 is 5.32 Å². The normalized spacial score (nSPS) is 10.8. The van der Waals surface area contributed by atoms with Crippen molar-refractivity contribution in [3.8, 4) is 0 Å². The van der Waals surface area contributed by atoms with Gasteiger partial charge in [0.2, 0.25) is 5.91 Å². The fourth-order valence-corrected chi connectivity index (χ4v) is 2.04. The van der Waals surface area contributed by atoms with E-state index < -0.39 is 0 Å². The number of benzene rings is 1. The van der Waals surface area contributed by atoms with Crippen LogP contribution in [-0.4, -0.2) is 15.0 Å². The molecule has 1 aromatic heterocycles. The van der Waals surface area contributed by atoms with Crippen molar-refractivity contribution in [3.05, 3.63) is 28.7 Å². The van der Waals surface area contributed by atoms with Gasteiger partial charge in [-0.2, -0.15) is 0 Å². The van der Waals surface area contributed by atoms with Crippen molar-refractivity contribution in [2.24, 2.45) is 14.1 Å². The van der Waals surface area contributed by atoms with Crippen molar-refractivity contribution < 1.29 is 4.79 Å². The molecule has 5 heteroatoms. The lowest BCUT2D eigenvalue weighted by molar-refractivity contribution is -0.116. The van der Waals surface area contributed by atoms with Crippen molar-refractivity contribution in [2.45, 2.75) is 19.8 Å². The third kappa shape index (κ3) is 2.03. The molecule has 18 heavy (non-hydrogen) atoms. The number of hydrogen-bond donors (Lipinski definition) is 1. The lowest BCUT2D eigenvalue weighted by Crippen LogP contribution is -2.19. The Bertz CT molecular complexity index is 652. The molecule has 0 fully saturated rings. The number of amides is 1. The summed E-state index contributed by atoms with van der Waals surface area (Å²) in [6, 6.07) is 5.48. The van der Waals surface area contributed by atoms with E-state index in [4.69, 9.17) is 0 Å². The van der Waals surface area contributed by atoms with Crippen molar-refractivity contribution in [3.63, 3.8) is 0 Å². The van der Waals surface area contributed by atoms with E-state index in [0.717, 1.165) is 23.1 Å². The summed E-state index contributed by atoms with van der Waals surface area (Å²) in [5.74, 6) is -0.00205. The highest BCUT2D eigenvalue weighted by atomic mass is 16.2. The average molecular weight is 247 g/mol. The highest BCUT2D eigenvalue weighted by Gasteiger charge is 2.09. The second-order valence-electron chi connectivity index (χ2n) is 4.40. The molecule has 0 unspecified atom stereocenters. The summed E-state index contributed by atoms with van der Waals surface area (Å²) < 4.78 is 3.16. The van der Waals surface area contributed by atoms with Crippen LogP contribution in [0.25, 0.3) is 11.0 Å². The largest absolute Gasteiger partial charge is 0.328 e. The lowest BCUT2D eigenvalue weighted by Gasteiger charge is -2.04. The topological polar surface area (TPSA) is 56.0 Å². The van der Waals surface area contributed by atoms with E-state index in [1.165, 1.54) is 0 Å². The summed E-state index contributed by atoms with van der Waals surface area (Å²) in [5, 5.41) is 2.83. The molecule has 1 N–H and O–H groups in total. The van der Waals surface area contributed by atoms with Gasteiger partial charge in [-0.25, -0.2) is 4.79 Å². The van der Waals surface area contributed by atoms with Crippen LogP contribution < -0.4 is 11.0 Å². The van der Waals surface area contributed by atoms with Gasteiger partial charge in [-0.1, -0.05) is 6.92 Å². The summed E-state index contributed by atoms with van der Waals surface area (Å²) in [6.07, 6.45) is 1.32. The molecule has 1 amide bonds. The van der Waals surface area contributed by atoms with Gasteiger partial charge in [0.25, 0.3) is 0 Å². The summed E-state index contributed by atoms with van der Waals surface area (Å²) >= 11 is 0. The first-order valence-corrected chi connectivity index (χ1v) is 6.00. The molecule has 0 spiro atoms. The van der Waals surface area contributed by atoms with E-state index in [1.54, 1.807) is 23.2 Å². The van der Waals surface area contributed by atoms with E-state index in [-0.39, 0.29) is 11.6 Å². The number of rotatable bonds is 3. The van der Waals surface area contributed by atoms with Gasteiger partial charge in [0, 0.05) is 26.2 Å². The average Bonchev–Trinajstić information content (AvgIpc) is 2.55. The van der Waals surface area contributed by atoms with Gasteiger partial charge in [-0.05, 0) is 24.6 Å². The Morgan fingerprint density at radius 2 is 1.89 bits per heavy atom. The van der Waals surface area contributed by atoms with Crippen molar-refractivity contribution >= 4 is 22.6 Å². The number of aromatic nitrogens is 2. The molecule has 5 nitrogen and oxygen atoms in total. The highest BCUT2D eigenvalue weighted by Crippen LogP contribution is 2.17. The van der Waals surface area contributed by atoms with Gasteiger partial charge in [-0.15, -0.1) is 0 Å². The fourth-order valence-electron chi connectivity index (χ4n) is 2.04. The van der Waals surface area contributed by atoms with E-state index in [2.05, 4.69) is 5.32 Å². The van der Waals surface area contributed by atoms with Gasteiger partial charge in [0.1, 0.15) is 0 Å². The van der Waals surface area contributed by atoms with Crippen LogP contribution in [-0.2, 0) is 18.9 Å². The van der Waals surface area contributed by atoms with Crippen molar-refractivity contribution in [2.75, 3.05) is 5.32 Å². The van der Waals surface area contributed by atoms with Crippen molar-refractivity contribution in [1.82, 2.24) is 9.13 Å². The first-order chi connectivity index (χ1) is 8.54. The third-order valence-electron chi connectivity index (χ3n) is 3.03. The predicted molar refractivity (Wildman–Crippen MR) is 71.7 cm³/mol. The second kappa shape index (κ2) is 4.68. The zero-order valence-electron chi connectivity index (χ0n) is 10.9. The molecule has 2 aromatic rings. The SMILES string of the molecule is CCCC(=O)Nc1ccc2c(c1)n(C)c(=O)n2C. The number of fused-ring (bicyclic) bond motifs is 1. The molecule has 0 atom stereocenters. The molecule has 1 aromatic carbocycles. The van der Waals surface area contributed by atoms with Gasteiger partial charge in [0.05, 0.1) is 11.0 Å². The van der Waals surface area contributed by atoms with Crippen LogP contribution in [0.5, 0.6) is 0 Å². The van der Waals surface area contributed by atoms with Crippen LogP contribution in [0.4, 0.5) is 5.69 Å². The number of anilines is 1. The first kappa shape index (κ1) is 12.4. The first-order valence-electron chi connectivity index (χ1n) is 6.00. The Labute approximate surface area is 105 Å². The van der Waals surface area contributed by atoms with E-state index in [0.29, 0.717) is 6.42 Å². The number of aryl methyl sites for hydroxylation is 2. The maximum absolute atomic E-state index is 11.8. The van der Waals surface area contributed by atoms with Crippen LogP contribution in [0.2, 0.25) is 0 Å². The summed E-state index contributed by atoms with van der Waals surface area (Å²) in [6.45, 7) is 1.96. The molecule has 0 aliphatic rings. The van der Waals surface area contributed by atoms with Gasteiger partial charge >= 0.3 is 5.69 Å². The monoisotopic (exact) mass is 247 g/mol. The second-order valence-corrected chi connectivity index (χ2v) is 4.40. The smallest absolute Gasteiger partial charge is 0.326 e. The number of hydrogen-bond acceptors (Lipinski definition) is 2. The maximum Gasteiger partial charge on any atom is 0.328 e. The molecule has 2 rings (SSSR count). The van der Waals surface area contributed by atoms with E-state index in [9.17, 15) is 9.59 Å². The van der Waals surface area contributed by atoms with Crippen molar-refractivity contribution in [1.29, 1.82) is 0 Å². The fraction of sp³-hybridized carbons (Fsp3) is 0.385. The number of nitrogens with zero attached hydrogens (tertiary/aromatic N) is 2. The molecule has 0 aliphatic carbocycles. The van der Waals surface area contributed by atoms with Gasteiger partial charge in [-0.3, -0.25) is 13.9 Å². The molecule has 1 heterocycles. The van der Waals surface area contributed by atoms with Crippen LogP contribution in [0, 0.1) is 0 Å². The Kier molecular flexibility index (Phi) is 3.23. The van der Waals surface area contributed by atoms with Crippen LogP contribution in [0.1, 0.15) is 19.8 Å². The minimum atomic E-state index is -0.0676. The third-order valence-corrected chi connectivity index (χ3v) is 3.03. The van der Waals surface area contributed by atoms with E-state index in [1.807, 2.05) is 25.1 Å². The molecule has 0 saturated carbocycles. The Balaban J connectivity index is 2.42. The lowest BCUT2D eigenvalue weighted by atomic mass is 10.2. The Morgan fingerprint density at radius 3 is 2.56 bits per heavy atom. The van der Waals surface area contributed by atoms with Gasteiger partial charge in [0.15, 0.2) is 0 Å². The molecular formula is C13H17N3O2. The minimum absolute atomic E-state index is 0.00205. The number of imidazole rings is 1. The maximum atomic E-state index is 11.8. The summed E-state index contributed by atoms with van der Waals surface area (Å²) in [7, 11) is 3.46. The number of nitrogens with one attached hydrogen (secondary N) is 1. The minimum Gasteiger partial charge on any atom is -0.326 e. The van der Waals surface area contributed by atoms with Crippen LogP contribution in [0.15, 0.2) is 23.0 Å². The molecule has 0 bridgehead atoms. The van der Waals surface area contributed by atoms with E-state index >= 15 is 0 Å². The van der Waals surface area contributed by atoms with Crippen LogP contribution >= 0.6 is 0 Å². The number of carbonyl (C=O) groups excluding carboxylic acids is 1. The highest BCUT2D eigenvalue weighted by molar-refractivity contribution is 5.93. The summed E-state index contributed by atoms with van der Waals surface area (Å²) in [5.41, 5.74) is 2.33. The quantitative estimate of drug-likeness (QED) is 0.896. The predicted octanol–water partition coefficient (Wildman–Crippen LogP) is 1.62. The zero-order chi connectivity index (χ0) is 13.3. The molecule has 96 valence electrons. The number of carbonyl (C=O) groups is 1. The standard InChI is InChI=1S/C13H17N3O2/c1-4-5-12(17)14-9-6-7-10-11(8-9)16(3)13(18)15(10)2/h6-8H,4-5H2,1-3H3,(H,14,17). The zero-order valence-corrected chi connectivity index (χ0v) is 10.9. The molecular weight excluding hydrogens is 230 g/mol.